The topological polar surface area (TPSA) is 57.9 Å². The molecule has 2 heterocycles. The van der Waals surface area contributed by atoms with Crippen LogP contribution in [-0.2, 0) is 24.1 Å². The fourth-order valence-electron chi connectivity index (χ4n) is 2.38. The van der Waals surface area contributed by atoms with Gasteiger partial charge in [0.15, 0.2) is 11.8 Å². The molecule has 0 bridgehead atoms. The highest BCUT2D eigenvalue weighted by Crippen LogP contribution is 2.39. The van der Waals surface area contributed by atoms with Crippen LogP contribution in [0.2, 0.25) is 0 Å². The van der Waals surface area contributed by atoms with Crippen molar-refractivity contribution in [3.63, 3.8) is 0 Å². The smallest absolute Gasteiger partial charge is 0.197 e. The number of ether oxygens (including phenoxy) is 1. The molecule has 15 heavy (non-hydrogen) atoms. The zero-order chi connectivity index (χ0) is 10.4. The van der Waals surface area contributed by atoms with Crippen LogP contribution in [0.1, 0.15) is 24.0 Å². The molecule has 2 aliphatic rings. The van der Waals surface area contributed by atoms with Gasteiger partial charge in [0, 0.05) is 11.1 Å². The monoisotopic (exact) mass is 209 g/mol. The number of nitrogens with zero attached hydrogens (tertiary/aromatic N) is 1. The number of hydrogen-bond donors (Lipinski definition) is 2. The van der Waals surface area contributed by atoms with Crippen molar-refractivity contribution in [1.29, 1.82) is 0 Å². The third-order valence-corrected chi connectivity index (χ3v) is 3.31. The van der Waals surface area contributed by atoms with Crippen LogP contribution in [0.25, 0.3) is 0 Å². The number of rotatable bonds is 2. The molecule has 1 atom stereocenters. The van der Waals surface area contributed by atoms with Crippen molar-refractivity contribution in [1.82, 2.24) is 4.57 Å². The third kappa shape index (κ3) is 1.40. The Morgan fingerprint density at radius 1 is 1.13 bits per heavy atom. The molecule has 2 N–H and O–H groups in total. The van der Waals surface area contributed by atoms with Crippen molar-refractivity contribution in [3.05, 3.63) is 11.1 Å². The van der Waals surface area contributed by atoms with Crippen LogP contribution >= 0.6 is 0 Å². The molecule has 82 valence electrons. The number of epoxide rings is 1. The summed E-state index contributed by atoms with van der Waals surface area (Å²) in [6.07, 6.45) is 4.14. The first-order chi connectivity index (χ1) is 7.27. The van der Waals surface area contributed by atoms with Crippen molar-refractivity contribution in [2.75, 3.05) is 6.61 Å². The maximum atomic E-state index is 9.98. The lowest BCUT2D eigenvalue weighted by atomic mass is 9.95. The standard InChI is InChI=1S/C11H15NO3/c13-10-8-3-1-2-4-9(8)11(14)12(10)5-7-6-15-7/h7,13-14H,1-6H2. The second-order valence-electron chi connectivity index (χ2n) is 4.38. The van der Waals surface area contributed by atoms with Crippen LogP contribution in [0.5, 0.6) is 11.8 Å². The van der Waals surface area contributed by atoms with Gasteiger partial charge in [-0.3, -0.25) is 4.57 Å². The van der Waals surface area contributed by atoms with E-state index >= 15 is 0 Å². The van der Waals surface area contributed by atoms with Crippen molar-refractivity contribution in [2.45, 2.75) is 38.3 Å². The Hall–Kier alpha value is -1.16. The van der Waals surface area contributed by atoms with Crippen LogP contribution in [0.4, 0.5) is 0 Å². The number of aromatic hydroxyl groups is 2. The summed E-state index contributed by atoms with van der Waals surface area (Å²) in [5, 5.41) is 20.0. The van der Waals surface area contributed by atoms with Crippen molar-refractivity contribution < 1.29 is 14.9 Å². The summed E-state index contributed by atoms with van der Waals surface area (Å²) < 4.78 is 6.70. The van der Waals surface area contributed by atoms with Gasteiger partial charge in [0.1, 0.15) is 0 Å². The molecule has 1 fully saturated rings. The average molecular weight is 209 g/mol. The summed E-state index contributed by atoms with van der Waals surface area (Å²) in [5.41, 5.74) is 1.89. The number of hydrogen-bond acceptors (Lipinski definition) is 3. The molecular formula is C11H15NO3. The first kappa shape index (κ1) is 9.09. The Morgan fingerprint density at radius 3 is 2.13 bits per heavy atom. The van der Waals surface area contributed by atoms with E-state index in [1.165, 1.54) is 0 Å². The van der Waals surface area contributed by atoms with Crippen molar-refractivity contribution in [2.24, 2.45) is 0 Å². The summed E-state index contributed by atoms with van der Waals surface area (Å²) in [6, 6.07) is 0. The Labute approximate surface area is 88.1 Å². The molecule has 1 unspecified atom stereocenters. The van der Waals surface area contributed by atoms with E-state index in [1.807, 2.05) is 0 Å². The van der Waals surface area contributed by atoms with Crippen LogP contribution in [0, 0.1) is 0 Å². The molecule has 1 aromatic rings. The molecule has 1 saturated heterocycles. The molecule has 0 saturated carbocycles. The van der Waals surface area contributed by atoms with Crippen LogP contribution in [-0.4, -0.2) is 27.5 Å². The van der Waals surface area contributed by atoms with E-state index in [-0.39, 0.29) is 17.9 Å². The molecule has 4 heteroatoms. The summed E-state index contributed by atoms with van der Waals surface area (Å²) in [7, 11) is 0. The van der Waals surface area contributed by atoms with Gasteiger partial charge in [0.25, 0.3) is 0 Å². The molecule has 1 aliphatic carbocycles. The van der Waals surface area contributed by atoms with Crippen molar-refractivity contribution in [3.8, 4) is 11.8 Å². The molecule has 4 nitrogen and oxygen atoms in total. The van der Waals surface area contributed by atoms with E-state index < -0.39 is 0 Å². The molecular weight excluding hydrogens is 194 g/mol. The van der Waals surface area contributed by atoms with Gasteiger partial charge < -0.3 is 14.9 Å². The minimum Gasteiger partial charge on any atom is -0.494 e. The Morgan fingerprint density at radius 2 is 1.67 bits per heavy atom. The maximum Gasteiger partial charge on any atom is 0.197 e. The Bertz CT molecular complexity index is 364. The largest absolute Gasteiger partial charge is 0.494 e. The SMILES string of the molecule is Oc1c2c(c(O)n1CC1CO1)CCCC2. The van der Waals surface area contributed by atoms with Gasteiger partial charge in [-0.15, -0.1) is 0 Å². The molecule has 0 amide bonds. The predicted molar refractivity (Wildman–Crippen MR) is 54.1 cm³/mol. The second kappa shape index (κ2) is 3.17. The van der Waals surface area contributed by atoms with E-state index in [0.29, 0.717) is 6.54 Å². The van der Waals surface area contributed by atoms with Gasteiger partial charge in [-0.2, -0.15) is 0 Å². The van der Waals surface area contributed by atoms with E-state index in [9.17, 15) is 10.2 Å². The summed E-state index contributed by atoms with van der Waals surface area (Å²) in [4.78, 5) is 0. The van der Waals surface area contributed by atoms with Crippen LogP contribution in [0.15, 0.2) is 0 Å². The maximum absolute atomic E-state index is 9.98. The molecule has 0 spiro atoms. The molecule has 0 radical (unpaired) electrons. The lowest BCUT2D eigenvalue weighted by Crippen LogP contribution is -2.02. The highest BCUT2D eigenvalue weighted by molar-refractivity contribution is 5.46. The van der Waals surface area contributed by atoms with Gasteiger partial charge in [-0.25, -0.2) is 0 Å². The summed E-state index contributed by atoms with van der Waals surface area (Å²) in [5.74, 6) is 0.496. The van der Waals surface area contributed by atoms with Gasteiger partial charge in [0.2, 0.25) is 0 Å². The van der Waals surface area contributed by atoms with Crippen LogP contribution in [0.3, 0.4) is 0 Å². The highest BCUT2D eigenvalue weighted by atomic mass is 16.6. The van der Waals surface area contributed by atoms with E-state index in [0.717, 1.165) is 43.4 Å². The Balaban J connectivity index is 2.01. The van der Waals surface area contributed by atoms with E-state index in [4.69, 9.17) is 4.74 Å². The van der Waals surface area contributed by atoms with Gasteiger partial charge in [-0.1, -0.05) is 0 Å². The van der Waals surface area contributed by atoms with E-state index in [2.05, 4.69) is 0 Å². The molecule has 3 rings (SSSR count). The summed E-state index contributed by atoms with van der Waals surface area (Å²) >= 11 is 0. The Kier molecular flexibility index (Phi) is 1.92. The summed E-state index contributed by atoms with van der Waals surface area (Å²) in [6.45, 7) is 1.31. The lowest BCUT2D eigenvalue weighted by Gasteiger charge is -2.09. The number of fused-ring (bicyclic) bond motifs is 1. The first-order valence-electron chi connectivity index (χ1n) is 5.51. The lowest BCUT2D eigenvalue weighted by molar-refractivity contribution is 0.327. The third-order valence-electron chi connectivity index (χ3n) is 3.31. The second-order valence-corrected chi connectivity index (χ2v) is 4.38. The minimum atomic E-state index is 0.177. The molecule has 1 aromatic heterocycles. The van der Waals surface area contributed by atoms with Gasteiger partial charge in [-0.05, 0) is 25.7 Å². The minimum absolute atomic E-state index is 0.177. The quantitative estimate of drug-likeness (QED) is 0.719. The van der Waals surface area contributed by atoms with Gasteiger partial charge in [0.05, 0.1) is 19.3 Å². The molecule has 1 aliphatic heterocycles. The predicted octanol–water partition coefficient (Wildman–Crippen LogP) is 1.18. The number of aromatic nitrogens is 1. The first-order valence-corrected chi connectivity index (χ1v) is 5.51. The molecule has 0 aromatic carbocycles. The fraction of sp³-hybridized carbons (Fsp3) is 0.636. The normalized spacial score (nSPS) is 23.9. The van der Waals surface area contributed by atoms with Gasteiger partial charge >= 0.3 is 0 Å². The van der Waals surface area contributed by atoms with Crippen LogP contribution < -0.4 is 0 Å². The average Bonchev–Trinajstić information content (AvgIpc) is 3.04. The zero-order valence-electron chi connectivity index (χ0n) is 8.57. The van der Waals surface area contributed by atoms with Crippen molar-refractivity contribution >= 4 is 0 Å². The zero-order valence-corrected chi connectivity index (χ0v) is 8.57. The van der Waals surface area contributed by atoms with E-state index in [1.54, 1.807) is 4.57 Å². The fourth-order valence-corrected chi connectivity index (χ4v) is 2.38. The highest BCUT2D eigenvalue weighted by Gasteiger charge is 2.29.